The highest BCUT2D eigenvalue weighted by Crippen LogP contribution is 2.40. The maximum atomic E-state index is 6.00. The van der Waals surface area contributed by atoms with E-state index in [9.17, 15) is 0 Å². The third-order valence-corrected chi connectivity index (χ3v) is 2.42. The van der Waals surface area contributed by atoms with Crippen LogP contribution in [0.5, 0.6) is 0 Å². The lowest BCUT2D eigenvalue weighted by molar-refractivity contribution is 1.15. The highest BCUT2D eigenvalue weighted by molar-refractivity contribution is 6.30. The molecule has 1 aromatic rings. The van der Waals surface area contributed by atoms with Crippen molar-refractivity contribution in [1.82, 2.24) is 4.98 Å². The Morgan fingerprint density at radius 2 is 2.21 bits per heavy atom. The number of rotatable bonds is 2. The molecule has 0 N–H and O–H groups in total. The third-order valence-electron chi connectivity index (χ3n) is 2.12. The second kappa shape index (κ2) is 4.14. The molecule has 0 spiro atoms. The van der Waals surface area contributed by atoms with Gasteiger partial charge in [0.25, 0.3) is 0 Å². The maximum absolute atomic E-state index is 6.00. The highest BCUT2D eigenvalue weighted by Gasteiger charge is 2.29. The fourth-order valence-electron chi connectivity index (χ4n) is 1.44. The van der Waals surface area contributed by atoms with Crippen molar-refractivity contribution in [3.63, 3.8) is 0 Å². The van der Waals surface area contributed by atoms with Crippen molar-refractivity contribution < 1.29 is 0 Å². The molecule has 0 aliphatic heterocycles. The van der Waals surface area contributed by atoms with Crippen molar-refractivity contribution in [2.75, 3.05) is 0 Å². The van der Waals surface area contributed by atoms with Crippen LogP contribution in [0.15, 0.2) is 31.0 Å². The molecule has 1 heterocycles. The van der Waals surface area contributed by atoms with Gasteiger partial charge in [0.1, 0.15) is 5.15 Å². The lowest BCUT2D eigenvalue weighted by Gasteiger charge is -2.15. The molecule has 2 heteroatoms. The molecule has 0 amide bonds. The molecule has 1 fully saturated rings. The first-order valence-corrected chi connectivity index (χ1v) is 4.70. The Bertz CT molecular complexity index is 335. The summed E-state index contributed by atoms with van der Waals surface area (Å²) in [7, 11) is 0. The number of nitrogens with zero attached hydrogens (tertiary/aromatic N) is 1. The predicted molar refractivity (Wildman–Crippen MR) is 57.9 cm³/mol. The molecule has 14 heavy (non-hydrogen) atoms. The van der Waals surface area contributed by atoms with Crippen molar-refractivity contribution in [2.45, 2.75) is 0 Å². The van der Waals surface area contributed by atoms with E-state index in [0.717, 1.165) is 17.4 Å². The summed E-state index contributed by atoms with van der Waals surface area (Å²) in [5, 5.41) is 0.529. The number of pyridine rings is 1. The third kappa shape index (κ3) is 1.69. The molecule has 69 valence electrons. The second-order valence-electron chi connectivity index (χ2n) is 2.94. The van der Waals surface area contributed by atoms with Gasteiger partial charge in [-0.2, -0.15) is 0 Å². The monoisotopic (exact) mass is 202 g/mol. The summed E-state index contributed by atoms with van der Waals surface area (Å²) < 4.78 is 0. The first-order chi connectivity index (χ1) is 6.83. The Morgan fingerprint density at radius 3 is 2.93 bits per heavy atom. The zero-order chi connectivity index (χ0) is 9.97. The van der Waals surface area contributed by atoms with Crippen molar-refractivity contribution in [2.24, 2.45) is 0 Å². The summed E-state index contributed by atoms with van der Waals surface area (Å²) in [5.74, 6) is 2.16. The molecular formula is C12H9ClN. The molecule has 1 saturated carbocycles. The van der Waals surface area contributed by atoms with Crippen molar-refractivity contribution in [1.29, 1.82) is 0 Å². The van der Waals surface area contributed by atoms with Crippen LogP contribution in [0, 0.1) is 31.1 Å². The van der Waals surface area contributed by atoms with Crippen LogP contribution in [0.3, 0.4) is 0 Å². The molecule has 2 rings (SSSR count). The number of hydrogen-bond donors (Lipinski definition) is 0. The van der Waals surface area contributed by atoms with Crippen molar-refractivity contribution in [3.8, 4) is 0 Å². The summed E-state index contributed by atoms with van der Waals surface area (Å²) in [6, 6.07) is 3.83. The van der Waals surface area contributed by atoms with E-state index in [1.807, 2.05) is 37.5 Å². The Kier molecular flexibility index (Phi) is 2.87. The second-order valence-corrected chi connectivity index (χ2v) is 3.30. The first-order valence-electron chi connectivity index (χ1n) is 4.32. The lowest BCUT2D eigenvalue weighted by Crippen LogP contribution is -2.04. The molecular weight excluding hydrogens is 194 g/mol. The van der Waals surface area contributed by atoms with Crippen molar-refractivity contribution >= 4 is 11.6 Å². The first kappa shape index (κ1) is 9.72. The predicted octanol–water partition coefficient (Wildman–Crippen LogP) is 3.04. The molecule has 0 unspecified atom stereocenters. The zero-order valence-electron chi connectivity index (χ0n) is 7.57. The number of aromatic nitrogens is 1. The summed E-state index contributed by atoms with van der Waals surface area (Å²) in [4.78, 5) is 4.04. The van der Waals surface area contributed by atoms with E-state index >= 15 is 0 Å². The molecule has 0 aromatic carbocycles. The fourth-order valence-corrected chi connectivity index (χ4v) is 1.67. The quantitative estimate of drug-likeness (QED) is 0.672. The van der Waals surface area contributed by atoms with Gasteiger partial charge >= 0.3 is 0 Å². The molecule has 5 radical (unpaired) electrons. The van der Waals surface area contributed by atoms with Crippen LogP contribution in [0.1, 0.15) is 5.56 Å². The molecule has 0 atom stereocenters. The van der Waals surface area contributed by atoms with Crippen LogP contribution in [0.2, 0.25) is 5.15 Å². The number of hydrogen-bond acceptors (Lipinski definition) is 1. The normalized spacial score (nSPS) is 18.6. The van der Waals surface area contributed by atoms with E-state index < -0.39 is 0 Å². The topological polar surface area (TPSA) is 12.9 Å². The largest absolute Gasteiger partial charge is 0.244 e. The summed E-state index contributed by atoms with van der Waals surface area (Å²) >= 11 is 6.00. The molecule has 0 bridgehead atoms. The van der Waals surface area contributed by atoms with Gasteiger partial charge in [0, 0.05) is 18.0 Å². The van der Waals surface area contributed by atoms with Crippen LogP contribution in [-0.4, -0.2) is 4.98 Å². The van der Waals surface area contributed by atoms with E-state index in [2.05, 4.69) is 11.6 Å². The molecule has 0 saturated heterocycles. The molecule has 1 aliphatic rings. The standard InChI is InChI=1S/C12H9ClN/c1-2-9-5-3-6-10(9)11-7-4-8-14-12(11)13/h2-8H,1H2. The van der Waals surface area contributed by atoms with Gasteiger partial charge in [0.05, 0.1) is 0 Å². The molecule has 1 nitrogen and oxygen atoms in total. The highest BCUT2D eigenvalue weighted by atomic mass is 35.5. The summed E-state index contributed by atoms with van der Waals surface area (Å²) in [6.45, 7) is 3.76. The van der Waals surface area contributed by atoms with E-state index in [0.29, 0.717) is 5.15 Å². The average molecular weight is 203 g/mol. The van der Waals surface area contributed by atoms with E-state index in [-0.39, 0.29) is 0 Å². The van der Waals surface area contributed by atoms with Gasteiger partial charge in [-0.1, -0.05) is 23.7 Å². The number of allylic oxidation sites excluding steroid dienone is 1. The Balaban J connectivity index is 2.30. The molecule has 1 aromatic heterocycles. The lowest BCUT2D eigenvalue weighted by atomic mass is 9.90. The van der Waals surface area contributed by atoms with Crippen LogP contribution >= 0.6 is 11.6 Å². The minimum Gasteiger partial charge on any atom is -0.244 e. The fraction of sp³-hybridized carbons (Fsp3) is 0. The minimum absolute atomic E-state index is 0.529. The SMILES string of the molecule is C=C[C]1[CH][CH][CH][C]1c1cccnc1Cl. The van der Waals surface area contributed by atoms with Crippen LogP contribution in [-0.2, 0) is 0 Å². The van der Waals surface area contributed by atoms with Gasteiger partial charge in [-0.3, -0.25) is 0 Å². The minimum atomic E-state index is 0.529. The summed E-state index contributed by atoms with van der Waals surface area (Å²) in [5.41, 5.74) is 0.953. The smallest absolute Gasteiger partial charge is 0.132 e. The van der Waals surface area contributed by atoms with E-state index in [1.165, 1.54) is 0 Å². The van der Waals surface area contributed by atoms with E-state index in [4.69, 9.17) is 11.6 Å². The Labute approximate surface area is 89.8 Å². The van der Waals surface area contributed by atoms with Crippen molar-refractivity contribution in [3.05, 3.63) is 72.8 Å². The maximum Gasteiger partial charge on any atom is 0.132 e. The van der Waals surface area contributed by atoms with Gasteiger partial charge in [0.2, 0.25) is 0 Å². The van der Waals surface area contributed by atoms with E-state index in [1.54, 1.807) is 6.20 Å². The van der Waals surface area contributed by atoms with Gasteiger partial charge in [0.15, 0.2) is 0 Å². The Morgan fingerprint density at radius 1 is 1.36 bits per heavy atom. The van der Waals surface area contributed by atoms with Crippen LogP contribution in [0.4, 0.5) is 0 Å². The van der Waals surface area contributed by atoms with Gasteiger partial charge in [-0.15, -0.1) is 6.58 Å². The zero-order valence-corrected chi connectivity index (χ0v) is 8.33. The van der Waals surface area contributed by atoms with Gasteiger partial charge in [-0.25, -0.2) is 4.98 Å². The Hall–Kier alpha value is -0.820. The summed E-state index contributed by atoms with van der Waals surface area (Å²) in [6.07, 6.45) is 9.50. The molecule has 1 aliphatic carbocycles. The van der Waals surface area contributed by atoms with Crippen LogP contribution < -0.4 is 0 Å². The number of halogens is 1. The van der Waals surface area contributed by atoms with Gasteiger partial charge in [-0.05, 0) is 30.9 Å². The van der Waals surface area contributed by atoms with Gasteiger partial charge < -0.3 is 0 Å². The van der Waals surface area contributed by atoms with Crippen LogP contribution in [0.25, 0.3) is 0 Å². The average Bonchev–Trinajstić information content (AvgIpc) is 2.66.